The molecule has 12 heteroatoms. The highest BCUT2D eigenvalue weighted by molar-refractivity contribution is 8.07. The predicted molar refractivity (Wildman–Crippen MR) is 256 cm³/mol. The van der Waals surface area contributed by atoms with Crippen LogP contribution in [0.4, 0.5) is 11.4 Å². The number of fused-ring (bicyclic) bond motifs is 3. The number of unbranched alkanes of at least 4 members (excludes halogenated alkanes) is 2. The zero-order valence-electron chi connectivity index (χ0n) is 36.7. The third-order valence-electron chi connectivity index (χ3n) is 13.3. The lowest BCUT2D eigenvalue weighted by atomic mass is 9.76. The van der Waals surface area contributed by atoms with Gasteiger partial charge in [0.2, 0.25) is 5.69 Å². The van der Waals surface area contributed by atoms with Gasteiger partial charge in [-0.1, -0.05) is 91.0 Å². The molecule has 0 bridgehead atoms. The van der Waals surface area contributed by atoms with Crippen LogP contribution in [-0.4, -0.2) is 60.8 Å². The van der Waals surface area contributed by atoms with Gasteiger partial charge in [-0.2, -0.15) is 21.4 Å². The Bertz CT molecular complexity index is 2740. The number of aryl methyl sites for hydroxylation is 2. The molecule has 0 radical (unpaired) electrons. The molecular weight excluding hydrogens is 853 g/mol. The summed E-state index contributed by atoms with van der Waals surface area (Å²) < 4.78 is 67.4. The number of nitrogens with zero attached hydrogens (tertiary/aromatic N) is 2. The van der Waals surface area contributed by atoms with Crippen molar-refractivity contribution in [2.45, 2.75) is 114 Å². The van der Waals surface area contributed by atoms with Crippen LogP contribution in [0.5, 0.6) is 0 Å². The molecule has 3 aliphatic heterocycles. The largest absolute Gasteiger partial charge is 0.344 e. The van der Waals surface area contributed by atoms with E-state index in [1.54, 1.807) is 0 Å². The van der Waals surface area contributed by atoms with Gasteiger partial charge >= 0.3 is 0 Å². The highest BCUT2D eigenvalue weighted by atomic mass is 32.2. The van der Waals surface area contributed by atoms with E-state index in [1.165, 1.54) is 70.0 Å². The van der Waals surface area contributed by atoms with E-state index in [9.17, 15) is 25.9 Å². The summed E-state index contributed by atoms with van der Waals surface area (Å²) in [5.74, 6) is -0.01000. The maximum atomic E-state index is 11.6. The van der Waals surface area contributed by atoms with Gasteiger partial charge in [0.1, 0.15) is 6.54 Å². The van der Waals surface area contributed by atoms with Crippen LogP contribution in [0.3, 0.4) is 0 Å². The van der Waals surface area contributed by atoms with Gasteiger partial charge in [0.15, 0.2) is 5.71 Å². The third kappa shape index (κ3) is 9.15. The van der Waals surface area contributed by atoms with Crippen LogP contribution >= 0.6 is 23.5 Å². The van der Waals surface area contributed by atoms with Crippen molar-refractivity contribution in [1.29, 1.82) is 0 Å². The zero-order chi connectivity index (χ0) is 44.2. The molecule has 0 saturated heterocycles. The van der Waals surface area contributed by atoms with Crippen LogP contribution in [0, 0.1) is 19.8 Å². The molecule has 3 aromatic carbocycles. The Balaban J connectivity index is 1.20. The summed E-state index contributed by atoms with van der Waals surface area (Å²) in [5.41, 5.74) is 13.3. The first-order valence-electron chi connectivity index (χ1n) is 21.9. The fraction of sp³-hybridized carbons (Fsp3) is 0.420. The molecule has 1 atom stereocenters. The monoisotopic (exact) mass is 911 g/mol. The Morgan fingerprint density at radius 2 is 1.37 bits per heavy atom. The van der Waals surface area contributed by atoms with Crippen LogP contribution in [0.25, 0.3) is 0 Å². The normalized spacial score (nSPS) is 21.8. The Labute approximate surface area is 377 Å². The van der Waals surface area contributed by atoms with Gasteiger partial charge in [-0.25, -0.2) is 0 Å². The van der Waals surface area contributed by atoms with Crippen molar-refractivity contribution >= 4 is 60.8 Å². The summed E-state index contributed by atoms with van der Waals surface area (Å²) in [6.07, 6.45) is 15.6. The van der Waals surface area contributed by atoms with Gasteiger partial charge in [-0.3, -0.25) is 9.11 Å². The molecule has 8 rings (SSSR count). The smallest absolute Gasteiger partial charge is 0.264 e. The zero-order valence-corrected chi connectivity index (χ0v) is 40.0. The van der Waals surface area contributed by atoms with Crippen LogP contribution in [0.15, 0.2) is 127 Å². The minimum absolute atomic E-state index is 0.238. The number of thioether (sulfide) groups is 2. The van der Waals surface area contributed by atoms with E-state index in [1.807, 2.05) is 23.5 Å². The minimum atomic E-state index is -4.02. The van der Waals surface area contributed by atoms with Crippen LogP contribution in [-0.2, 0) is 31.1 Å². The highest BCUT2D eigenvalue weighted by Gasteiger charge is 2.45. The standard InChI is InChI=1S/C50H58N2O6S4/c1-33-15-23-40-38(31-33)49(3,4)44(51(40)27-9-11-29-61(53,54)55)25-21-36-19-17-35-18-20-37(48-46(35)47(36)59-42-13-7-8-14-43(42)60-48)22-26-45-50(5,6)39-32-34(2)16-24-41(39)52(45)28-10-12-30-62(56,57)58/h7-8,13-16,21-26,31-32,35H,9-12,17-20,27-30H2,1-6H3,(H-,53,54,55,56,57,58)/p+1. The second-order valence-electron chi connectivity index (χ2n) is 18.6. The van der Waals surface area contributed by atoms with Crippen molar-refractivity contribution in [1.82, 2.24) is 0 Å². The van der Waals surface area contributed by atoms with E-state index in [0.29, 0.717) is 44.7 Å². The van der Waals surface area contributed by atoms with E-state index >= 15 is 0 Å². The summed E-state index contributed by atoms with van der Waals surface area (Å²) >= 11 is 3.81. The average Bonchev–Trinajstić information content (AvgIpc) is 3.42. The maximum absolute atomic E-state index is 11.6. The molecule has 3 heterocycles. The SMILES string of the molecule is Cc1ccc2c(c1)C(C)(C)C(/C=C/C1=C3Sc4ccccc4SC4=C3C(CC1)CC/C4=C\C=C1\N(CCCCS(=O)(=O)O)c3ccc(C)cc3C1(C)C)=[N+]2CCCCS(=O)(=O)O. The summed E-state index contributed by atoms with van der Waals surface area (Å²) in [4.78, 5) is 7.61. The van der Waals surface area contributed by atoms with Gasteiger partial charge in [0.25, 0.3) is 20.2 Å². The molecule has 62 heavy (non-hydrogen) atoms. The molecule has 328 valence electrons. The first-order valence-corrected chi connectivity index (χ1v) is 26.7. The molecule has 2 N–H and O–H groups in total. The molecule has 0 fully saturated rings. The number of anilines is 1. The van der Waals surface area contributed by atoms with Crippen molar-refractivity contribution < 1.29 is 30.5 Å². The first kappa shape index (κ1) is 44.9. The Morgan fingerprint density at radius 1 is 0.742 bits per heavy atom. The number of rotatable bonds is 13. The van der Waals surface area contributed by atoms with Crippen molar-refractivity contribution in [2.24, 2.45) is 5.92 Å². The average molecular weight is 912 g/mol. The van der Waals surface area contributed by atoms with Gasteiger partial charge < -0.3 is 4.90 Å². The second-order valence-corrected chi connectivity index (χ2v) is 23.8. The first-order chi connectivity index (χ1) is 29.3. The van der Waals surface area contributed by atoms with E-state index in [4.69, 9.17) is 0 Å². The van der Waals surface area contributed by atoms with Gasteiger partial charge in [0, 0.05) is 67.1 Å². The number of hydrogen-bond donors (Lipinski definition) is 2. The van der Waals surface area contributed by atoms with Crippen molar-refractivity contribution in [3.05, 3.63) is 139 Å². The van der Waals surface area contributed by atoms with Crippen molar-refractivity contribution in [3.8, 4) is 0 Å². The van der Waals surface area contributed by atoms with E-state index in [-0.39, 0.29) is 22.3 Å². The Morgan fingerprint density at radius 3 is 2.06 bits per heavy atom. The van der Waals surface area contributed by atoms with E-state index < -0.39 is 20.2 Å². The molecule has 0 spiro atoms. The van der Waals surface area contributed by atoms with Crippen LogP contribution < -0.4 is 4.90 Å². The van der Waals surface area contributed by atoms with Crippen LogP contribution in [0.2, 0.25) is 0 Å². The number of benzene rings is 3. The molecular formula is C50H59N2O6S4+. The number of allylic oxidation sites excluding steroid dienone is 8. The Kier molecular flexibility index (Phi) is 12.6. The molecule has 0 amide bonds. The quantitative estimate of drug-likeness (QED) is 0.0982. The lowest BCUT2D eigenvalue weighted by Crippen LogP contribution is -2.28. The van der Waals surface area contributed by atoms with Gasteiger partial charge in [-0.05, 0) is 131 Å². The Hall–Kier alpha value is -3.65. The highest BCUT2D eigenvalue weighted by Crippen LogP contribution is 2.58. The summed E-state index contributed by atoms with van der Waals surface area (Å²) in [5, 5.41) is 0. The lowest BCUT2D eigenvalue weighted by molar-refractivity contribution is -0.438. The topological polar surface area (TPSA) is 115 Å². The van der Waals surface area contributed by atoms with E-state index in [0.717, 1.165) is 37.1 Å². The van der Waals surface area contributed by atoms with Gasteiger partial charge in [0.05, 0.1) is 16.9 Å². The summed E-state index contributed by atoms with van der Waals surface area (Å²) in [7, 11) is -8.03. The molecule has 8 nitrogen and oxygen atoms in total. The van der Waals surface area contributed by atoms with Crippen molar-refractivity contribution in [2.75, 3.05) is 29.5 Å². The minimum Gasteiger partial charge on any atom is -0.344 e. The fourth-order valence-corrected chi connectivity index (χ4v) is 13.9. The maximum Gasteiger partial charge on any atom is 0.264 e. The molecule has 3 aromatic rings. The third-order valence-corrected chi connectivity index (χ3v) is 17.6. The number of hydrogen-bond acceptors (Lipinski definition) is 7. The molecule has 2 aliphatic carbocycles. The second kappa shape index (κ2) is 17.4. The predicted octanol–water partition coefficient (Wildman–Crippen LogP) is 11.8. The fourth-order valence-electron chi connectivity index (χ4n) is 10.1. The molecule has 1 unspecified atom stereocenters. The molecule has 0 aromatic heterocycles. The summed E-state index contributed by atoms with van der Waals surface area (Å²) in [6.45, 7) is 14.7. The molecule has 0 saturated carbocycles. The van der Waals surface area contributed by atoms with Crippen LogP contribution in [0.1, 0.15) is 101 Å². The summed E-state index contributed by atoms with van der Waals surface area (Å²) in [6, 6.07) is 22.0. The lowest BCUT2D eigenvalue weighted by Gasteiger charge is -2.34. The van der Waals surface area contributed by atoms with E-state index in [2.05, 4.69) is 136 Å². The van der Waals surface area contributed by atoms with Gasteiger partial charge in [-0.15, -0.1) is 0 Å². The van der Waals surface area contributed by atoms with Crippen molar-refractivity contribution in [3.63, 3.8) is 0 Å². The molecule has 5 aliphatic rings.